The first-order chi connectivity index (χ1) is 12.1. The summed E-state index contributed by atoms with van der Waals surface area (Å²) in [5.74, 6) is -0.201. The summed E-state index contributed by atoms with van der Waals surface area (Å²) in [5.41, 5.74) is 5.17. The molecule has 0 fully saturated rings. The molecular weight excluding hydrogens is 320 g/mol. The van der Waals surface area contributed by atoms with E-state index in [1.165, 1.54) is 18.3 Å². The van der Waals surface area contributed by atoms with Crippen molar-refractivity contribution in [2.24, 2.45) is 15.3 Å². The van der Waals surface area contributed by atoms with Crippen LogP contribution in [0.3, 0.4) is 0 Å². The fourth-order valence-electron chi connectivity index (χ4n) is 1.97. The molecule has 0 radical (unpaired) electrons. The van der Waals surface area contributed by atoms with Crippen LogP contribution in [0.5, 0.6) is 0 Å². The van der Waals surface area contributed by atoms with Crippen molar-refractivity contribution in [1.29, 1.82) is 0 Å². The van der Waals surface area contributed by atoms with Gasteiger partial charge < -0.3 is 5.11 Å². The number of para-hydroxylation sites is 2. The second kappa shape index (κ2) is 7.26. The second-order valence-electron chi connectivity index (χ2n) is 5.07. The number of amidine groups is 1. The van der Waals surface area contributed by atoms with Crippen molar-refractivity contribution in [3.05, 3.63) is 60.3 Å². The fourth-order valence-corrected chi connectivity index (χ4v) is 1.97. The Morgan fingerprint density at radius 2 is 1.80 bits per heavy atom. The van der Waals surface area contributed by atoms with Gasteiger partial charge in [0.25, 0.3) is 0 Å². The molecule has 1 heterocycles. The number of anilines is 1. The number of carboxylic acid groups (broad SMARTS) is 1. The van der Waals surface area contributed by atoms with Gasteiger partial charge in [0.15, 0.2) is 11.7 Å². The highest BCUT2D eigenvalue weighted by atomic mass is 16.4. The zero-order valence-corrected chi connectivity index (χ0v) is 13.3. The van der Waals surface area contributed by atoms with Gasteiger partial charge in [-0.1, -0.05) is 12.1 Å². The summed E-state index contributed by atoms with van der Waals surface area (Å²) in [7, 11) is 0. The highest BCUT2D eigenvalue weighted by Crippen LogP contribution is 2.14. The third-order valence-corrected chi connectivity index (χ3v) is 3.21. The number of nitrogens with one attached hydrogen (secondary N) is 1. The highest BCUT2D eigenvalue weighted by molar-refractivity contribution is 5.88. The lowest BCUT2D eigenvalue weighted by molar-refractivity contribution is 0.0697. The zero-order chi connectivity index (χ0) is 17.6. The van der Waals surface area contributed by atoms with E-state index in [-0.39, 0.29) is 5.56 Å². The average molecular weight is 334 g/mol. The van der Waals surface area contributed by atoms with Gasteiger partial charge in [0.05, 0.1) is 28.5 Å². The molecule has 0 saturated carbocycles. The Labute approximate surface area is 143 Å². The van der Waals surface area contributed by atoms with E-state index in [2.05, 4.69) is 30.7 Å². The number of azo groups is 1. The molecule has 8 nitrogen and oxygen atoms in total. The van der Waals surface area contributed by atoms with E-state index in [4.69, 9.17) is 5.11 Å². The van der Waals surface area contributed by atoms with Gasteiger partial charge in [-0.3, -0.25) is 10.4 Å². The van der Waals surface area contributed by atoms with Crippen LogP contribution in [-0.2, 0) is 0 Å². The molecule has 2 N–H and O–H groups in total. The lowest BCUT2D eigenvalue weighted by Gasteiger charge is -2.01. The van der Waals surface area contributed by atoms with Gasteiger partial charge in [0.2, 0.25) is 0 Å². The molecule has 3 rings (SSSR count). The lowest BCUT2D eigenvalue weighted by Crippen LogP contribution is -1.97. The van der Waals surface area contributed by atoms with Crippen LogP contribution in [0.2, 0.25) is 0 Å². The molecule has 1 aromatic heterocycles. The number of carboxylic acids is 1. The van der Waals surface area contributed by atoms with Crippen molar-refractivity contribution < 1.29 is 9.90 Å². The van der Waals surface area contributed by atoms with E-state index in [0.717, 1.165) is 11.0 Å². The molecule has 8 heteroatoms. The lowest BCUT2D eigenvalue weighted by atomic mass is 10.2. The standard InChI is InChI=1S/C17H14N6O2/c1-11(20-22-13-8-6-12(7-9-13)17(24)25)21-23-16-10-18-14-4-2-3-5-15(14)19-16/h2-10,22H,1H3,(H,24,25). The number of aromatic carboxylic acids is 1. The molecule has 0 aliphatic heterocycles. The smallest absolute Gasteiger partial charge is 0.335 e. The summed E-state index contributed by atoms with van der Waals surface area (Å²) in [6.45, 7) is 1.68. The molecule has 0 aliphatic carbocycles. The van der Waals surface area contributed by atoms with Crippen molar-refractivity contribution in [3.8, 4) is 0 Å². The number of nitrogens with zero attached hydrogens (tertiary/aromatic N) is 5. The molecule has 3 aromatic rings. The average Bonchev–Trinajstić information content (AvgIpc) is 2.65. The van der Waals surface area contributed by atoms with Crippen molar-refractivity contribution in [2.45, 2.75) is 6.92 Å². The number of benzene rings is 2. The monoisotopic (exact) mass is 334 g/mol. The van der Waals surface area contributed by atoms with Crippen molar-refractivity contribution in [2.75, 3.05) is 5.43 Å². The third-order valence-electron chi connectivity index (χ3n) is 3.21. The van der Waals surface area contributed by atoms with Gasteiger partial charge in [0, 0.05) is 0 Å². The number of hydrazone groups is 1. The Balaban J connectivity index is 1.67. The van der Waals surface area contributed by atoms with Crippen molar-refractivity contribution in [3.63, 3.8) is 0 Å². The number of rotatable bonds is 4. The fraction of sp³-hybridized carbons (Fsp3) is 0.0588. The summed E-state index contributed by atoms with van der Waals surface area (Å²) >= 11 is 0. The molecular formula is C17H14N6O2. The maximum atomic E-state index is 10.8. The minimum atomic E-state index is -0.975. The van der Waals surface area contributed by atoms with Crippen LogP contribution in [0.25, 0.3) is 11.0 Å². The summed E-state index contributed by atoms with van der Waals surface area (Å²) in [6, 6.07) is 13.7. The summed E-state index contributed by atoms with van der Waals surface area (Å²) in [6.07, 6.45) is 1.54. The third kappa shape index (κ3) is 4.20. The molecule has 25 heavy (non-hydrogen) atoms. The Morgan fingerprint density at radius 1 is 1.08 bits per heavy atom. The van der Waals surface area contributed by atoms with E-state index < -0.39 is 5.97 Å². The Bertz CT molecular complexity index is 966. The highest BCUT2D eigenvalue weighted by Gasteiger charge is 2.01. The van der Waals surface area contributed by atoms with E-state index in [0.29, 0.717) is 17.3 Å². The molecule has 0 bridgehead atoms. The number of carbonyl (C=O) groups is 1. The molecule has 0 unspecified atom stereocenters. The number of fused-ring (bicyclic) bond motifs is 1. The largest absolute Gasteiger partial charge is 0.478 e. The van der Waals surface area contributed by atoms with E-state index in [1.54, 1.807) is 19.1 Å². The van der Waals surface area contributed by atoms with Crippen molar-refractivity contribution in [1.82, 2.24) is 9.97 Å². The van der Waals surface area contributed by atoms with Crippen LogP contribution < -0.4 is 5.43 Å². The quantitative estimate of drug-likeness (QED) is 0.325. The zero-order valence-electron chi connectivity index (χ0n) is 13.3. The van der Waals surface area contributed by atoms with Crippen LogP contribution in [0.1, 0.15) is 17.3 Å². The topological polar surface area (TPSA) is 112 Å². The van der Waals surface area contributed by atoms with Crippen molar-refractivity contribution >= 4 is 34.3 Å². The van der Waals surface area contributed by atoms with E-state index in [1.807, 2.05) is 24.3 Å². The minimum Gasteiger partial charge on any atom is -0.478 e. The Kier molecular flexibility index (Phi) is 4.70. The first-order valence-electron chi connectivity index (χ1n) is 7.39. The number of hydrogen-bond acceptors (Lipinski definition) is 6. The van der Waals surface area contributed by atoms with Crippen LogP contribution >= 0.6 is 0 Å². The van der Waals surface area contributed by atoms with Crippen LogP contribution in [-0.4, -0.2) is 26.9 Å². The van der Waals surface area contributed by atoms with E-state index in [9.17, 15) is 4.79 Å². The van der Waals surface area contributed by atoms with Gasteiger partial charge in [0.1, 0.15) is 0 Å². The molecule has 0 spiro atoms. The molecule has 124 valence electrons. The van der Waals surface area contributed by atoms with Gasteiger partial charge in [-0.15, -0.1) is 10.2 Å². The summed E-state index contributed by atoms with van der Waals surface area (Å²) < 4.78 is 0. The van der Waals surface area contributed by atoms with E-state index >= 15 is 0 Å². The maximum absolute atomic E-state index is 10.8. The first-order valence-corrected chi connectivity index (χ1v) is 7.39. The predicted octanol–water partition coefficient (Wildman–Crippen LogP) is 3.86. The van der Waals surface area contributed by atoms with Gasteiger partial charge in [-0.25, -0.2) is 9.78 Å². The van der Waals surface area contributed by atoms with Gasteiger partial charge in [-0.05, 0) is 43.3 Å². The maximum Gasteiger partial charge on any atom is 0.335 e. The van der Waals surface area contributed by atoms with Crippen LogP contribution in [0.15, 0.2) is 70.1 Å². The Morgan fingerprint density at radius 3 is 2.52 bits per heavy atom. The molecule has 0 amide bonds. The van der Waals surface area contributed by atoms with Gasteiger partial charge in [-0.2, -0.15) is 5.10 Å². The molecule has 2 aromatic carbocycles. The second-order valence-corrected chi connectivity index (χ2v) is 5.07. The Hall–Kier alpha value is -3.68. The summed E-state index contributed by atoms with van der Waals surface area (Å²) in [4.78, 5) is 19.4. The molecule has 0 atom stereocenters. The predicted molar refractivity (Wildman–Crippen MR) is 94.2 cm³/mol. The normalized spacial score (nSPS) is 11.8. The molecule has 0 saturated heterocycles. The van der Waals surface area contributed by atoms with Gasteiger partial charge >= 0.3 is 5.97 Å². The van der Waals surface area contributed by atoms with Crippen LogP contribution in [0.4, 0.5) is 11.5 Å². The van der Waals surface area contributed by atoms with Crippen LogP contribution in [0, 0.1) is 0 Å². The number of aromatic nitrogens is 2. The summed E-state index contributed by atoms with van der Waals surface area (Å²) in [5, 5.41) is 20.9. The minimum absolute atomic E-state index is 0.209. The first kappa shape index (κ1) is 16.2. The molecule has 0 aliphatic rings. The number of hydrogen-bond donors (Lipinski definition) is 2. The SMILES string of the molecule is CC(N=Nc1cnc2ccccc2n1)=NNc1ccc(C(=O)O)cc1.